The molecule has 0 spiro atoms. The second kappa shape index (κ2) is 3.48. The molecule has 0 amide bonds. The summed E-state index contributed by atoms with van der Waals surface area (Å²) in [5.74, 6) is -3.25. The van der Waals surface area contributed by atoms with Gasteiger partial charge in [-0.15, -0.1) is 0 Å². The Morgan fingerprint density at radius 1 is 0.882 bits per heavy atom. The summed E-state index contributed by atoms with van der Waals surface area (Å²) < 4.78 is 40.0. The van der Waals surface area contributed by atoms with E-state index in [2.05, 4.69) is 6.07 Å². The van der Waals surface area contributed by atoms with Gasteiger partial charge in [0.1, 0.15) is 5.82 Å². The molecule has 0 saturated carbocycles. The molecule has 0 aliphatic carbocycles. The van der Waals surface area contributed by atoms with Crippen molar-refractivity contribution >= 4 is 21.5 Å². The molecular weight excluding hydrogens is 225 g/mol. The topological polar surface area (TPSA) is 0 Å². The van der Waals surface area contributed by atoms with Gasteiger partial charge in [-0.25, -0.2) is 13.2 Å². The lowest BCUT2D eigenvalue weighted by atomic mass is 10.0. The monoisotopic (exact) mass is 230 g/mol. The van der Waals surface area contributed by atoms with Crippen LogP contribution in [-0.2, 0) is 0 Å². The second-order valence-electron chi connectivity index (χ2n) is 3.74. The van der Waals surface area contributed by atoms with Crippen molar-refractivity contribution < 1.29 is 13.2 Å². The summed E-state index contributed by atoms with van der Waals surface area (Å²) in [4.78, 5) is 0. The lowest BCUT2D eigenvalue weighted by Crippen LogP contribution is -1.91. The molecule has 82 valence electrons. The summed E-state index contributed by atoms with van der Waals surface area (Å²) in [6.07, 6.45) is 0. The van der Waals surface area contributed by atoms with E-state index in [0.717, 1.165) is 5.39 Å². The third-order valence-corrected chi connectivity index (χ3v) is 2.71. The predicted molar refractivity (Wildman–Crippen MR) is 59.0 cm³/mol. The Bertz CT molecular complexity index is 732. The first-order chi connectivity index (χ1) is 8.16. The highest BCUT2D eigenvalue weighted by molar-refractivity contribution is 5.98. The van der Waals surface area contributed by atoms with Crippen LogP contribution in [0.15, 0.2) is 30.3 Å². The maximum Gasteiger partial charge on any atom is 0.170 e. The zero-order valence-electron chi connectivity index (χ0n) is 8.52. The molecular formula is C14H5F3. The van der Waals surface area contributed by atoms with E-state index in [4.69, 9.17) is 0 Å². The van der Waals surface area contributed by atoms with Crippen LogP contribution in [0.2, 0.25) is 0 Å². The third-order valence-electron chi connectivity index (χ3n) is 2.71. The number of hydrogen-bond donors (Lipinski definition) is 0. The molecule has 0 N–H and O–H groups in total. The number of halogens is 3. The van der Waals surface area contributed by atoms with Gasteiger partial charge in [-0.3, -0.25) is 0 Å². The van der Waals surface area contributed by atoms with Gasteiger partial charge in [-0.2, -0.15) is 0 Å². The van der Waals surface area contributed by atoms with Gasteiger partial charge in [-0.1, -0.05) is 12.1 Å². The first-order valence-electron chi connectivity index (χ1n) is 4.96. The molecule has 0 fully saturated rings. The predicted octanol–water partition coefficient (Wildman–Crippen LogP) is 4.01. The van der Waals surface area contributed by atoms with E-state index in [1.54, 1.807) is 24.3 Å². The molecule has 3 aromatic carbocycles. The molecule has 0 saturated heterocycles. The Kier molecular flexibility index (Phi) is 2.08. The smallest absolute Gasteiger partial charge is 0.170 e. The Morgan fingerprint density at radius 2 is 1.65 bits per heavy atom. The standard InChI is InChI=1S/C14H5F3/c15-12-7-13(16)14(17)11-6-9-4-2-1-3-8(9)5-10(11)12/h1,3-6H. The van der Waals surface area contributed by atoms with Gasteiger partial charge in [-0.05, 0) is 35.0 Å². The maximum atomic E-state index is 13.5. The first kappa shape index (κ1) is 10.1. The average Bonchev–Trinajstić information content (AvgIpc) is 2.34. The molecule has 3 rings (SSSR count). The molecule has 0 heterocycles. The van der Waals surface area contributed by atoms with Crippen LogP contribution in [0.3, 0.4) is 0 Å². The van der Waals surface area contributed by atoms with Crippen LogP contribution in [-0.4, -0.2) is 0 Å². The maximum absolute atomic E-state index is 13.5. The fourth-order valence-electron chi connectivity index (χ4n) is 1.88. The highest BCUT2D eigenvalue weighted by Crippen LogP contribution is 2.27. The second-order valence-corrected chi connectivity index (χ2v) is 3.74. The molecule has 0 aliphatic heterocycles. The number of fused-ring (bicyclic) bond motifs is 2. The molecule has 3 aromatic rings. The number of rotatable bonds is 0. The van der Waals surface area contributed by atoms with Crippen LogP contribution in [0.5, 0.6) is 0 Å². The van der Waals surface area contributed by atoms with Crippen molar-refractivity contribution in [2.24, 2.45) is 0 Å². The van der Waals surface area contributed by atoms with Crippen LogP contribution < -0.4 is 0 Å². The van der Waals surface area contributed by atoms with Crippen molar-refractivity contribution in [3.05, 3.63) is 59.9 Å². The quantitative estimate of drug-likeness (QED) is 0.404. The molecule has 0 unspecified atom stereocenters. The summed E-state index contributed by atoms with van der Waals surface area (Å²) in [5, 5.41) is 1.38. The van der Waals surface area contributed by atoms with E-state index in [1.807, 2.05) is 0 Å². The van der Waals surface area contributed by atoms with E-state index in [0.29, 0.717) is 5.39 Å². The first-order valence-corrected chi connectivity index (χ1v) is 4.96. The zero-order chi connectivity index (χ0) is 12.0. The largest absolute Gasteiger partial charge is 0.206 e. The van der Waals surface area contributed by atoms with Crippen molar-refractivity contribution in [2.45, 2.75) is 0 Å². The Hall–Kier alpha value is -2.03. The van der Waals surface area contributed by atoms with Gasteiger partial charge in [0.2, 0.25) is 0 Å². The Morgan fingerprint density at radius 3 is 2.47 bits per heavy atom. The van der Waals surface area contributed by atoms with Crippen molar-refractivity contribution in [1.82, 2.24) is 0 Å². The summed E-state index contributed by atoms with van der Waals surface area (Å²) in [6.45, 7) is 0. The van der Waals surface area contributed by atoms with Gasteiger partial charge in [0, 0.05) is 10.8 Å². The highest BCUT2D eigenvalue weighted by Gasteiger charge is 2.13. The summed E-state index contributed by atoms with van der Waals surface area (Å²) in [7, 11) is 0. The summed E-state index contributed by atoms with van der Waals surface area (Å²) >= 11 is 0. The zero-order valence-corrected chi connectivity index (χ0v) is 8.52. The minimum atomic E-state index is -1.30. The fourth-order valence-corrected chi connectivity index (χ4v) is 1.88. The summed E-state index contributed by atoms with van der Waals surface area (Å²) in [5.41, 5.74) is 0. The normalized spacial score (nSPS) is 11.2. The minimum Gasteiger partial charge on any atom is -0.206 e. The van der Waals surface area contributed by atoms with E-state index < -0.39 is 17.5 Å². The van der Waals surface area contributed by atoms with E-state index in [9.17, 15) is 13.2 Å². The van der Waals surface area contributed by atoms with Gasteiger partial charge >= 0.3 is 0 Å². The van der Waals surface area contributed by atoms with Crippen LogP contribution in [0.1, 0.15) is 0 Å². The SMILES string of the molecule is Fc1[c]c(F)c2cc3cc[c]cc3cc2c1F. The highest BCUT2D eigenvalue weighted by atomic mass is 19.2. The Labute approximate surface area is 95.3 Å². The van der Waals surface area contributed by atoms with Crippen LogP contribution in [0, 0.1) is 29.6 Å². The van der Waals surface area contributed by atoms with Crippen LogP contribution in [0.25, 0.3) is 21.5 Å². The minimum absolute atomic E-state index is 0.0302. The number of hydrogen-bond acceptors (Lipinski definition) is 0. The lowest BCUT2D eigenvalue weighted by molar-refractivity contribution is 0.503. The average molecular weight is 230 g/mol. The lowest BCUT2D eigenvalue weighted by Gasteiger charge is -2.04. The van der Waals surface area contributed by atoms with Crippen LogP contribution in [0.4, 0.5) is 13.2 Å². The molecule has 2 radical (unpaired) electrons. The van der Waals surface area contributed by atoms with E-state index in [1.165, 1.54) is 12.1 Å². The fraction of sp³-hybridized carbons (Fsp3) is 0. The third kappa shape index (κ3) is 1.46. The molecule has 17 heavy (non-hydrogen) atoms. The van der Waals surface area contributed by atoms with Gasteiger partial charge in [0.15, 0.2) is 11.6 Å². The Balaban J connectivity index is 2.56. The van der Waals surface area contributed by atoms with E-state index >= 15 is 0 Å². The van der Waals surface area contributed by atoms with Crippen LogP contribution >= 0.6 is 0 Å². The van der Waals surface area contributed by atoms with Crippen molar-refractivity contribution in [2.75, 3.05) is 0 Å². The van der Waals surface area contributed by atoms with Gasteiger partial charge < -0.3 is 0 Å². The molecule has 0 bridgehead atoms. The molecule has 0 nitrogen and oxygen atoms in total. The van der Waals surface area contributed by atoms with E-state index in [-0.39, 0.29) is 10.8 Å². The molecule has 0 atom stereocenters. The van der Waals surface area contributed by atoms with Crippen molar-refractivity contribution in [3.63, 3.8) is 0 Å². The van der Waals surface area contributed by atoms with Gasteiger partial charge in [0.25, 0.3) is 0 Å². The van der Waals surface area contributed by atoms with Crippen molar-refractivity contribution in [3.8, 4) is 0 Å². The van der Waals surface area contributed by atoms with Crippen molar-refractivity contribution in [1.29, 1.82) is 0 Å². The number of benzene rings is 3. The molecule has 0 aromatic heterocycles. The van der Waals surface area contributed by atoms with Gasteiger partial charge in [0.05, 0.1) is 6.07 Å². The summed E-state index contributed by atoms with van der Waals surface area (Å²) in [6, 6.07) is 12.5. The molecule has 0 aliphatic rings. The molecule has 3 heteroatoms.